The molecule has 6 heteroatoms. The summed E-state index contributed by atoms with van der Waals surface area (Å²) < 4.78 is 37.7. The summed E-state index contributed by atoms with van der Waals surface area (Å²) in [5, 5.41) is 0. The molecule has 2 saturated heterocycles. The fourth-order valence-electron chi connectivity index (χ4n) is 3.72. The normalized spacial score (nSPS) is 21.8. The van der Waals surface area contributed by atoms with Gasteiger partial charge in [-0.3, -0.25) is 9.69 Å². The van der Waals surface area contributed by atoms with Gasteiger partial charge in [0.15, 0.2) is 0 Å². The van der Waals surface area contributed by atoms with Gasteiger partial charge in [-0.15, -0.1) is 0 Å². The maximum Gasteiger partial charge on any atom is 0.471 e. The van der Waals surface area contributed by atoms with Crippen molar-refractivity contribution in [1.29, 1.82) is 0 Å². The first-order valence-corrected chi connectivity index (χ1v) is 8.00. The van der Waals surface area contributed by atoms with E-state index in [-0.39, 0.29) is 18.5 Å². The number of alkyl halides is 3. The van der Waals surface area contributed by atoms with Crippen LogP contribution in [0.2, 0.25) is 0 Å². The van der Waals surface area contributed by atoms with Crippen LogP contribution in [0.25, 0.3) is 0 Å². The summed E-state index contributed by atoms with van der Waals surface area (Å²) in [4.78, 5) is 14.7. The Morgan fingerprint density at radius 2 is 1.65 bits per heavy atom. The molecule has 3 nitrogen and oxygen atoms in total. The van der Waals surface area contributed by atoms with Gasteiger partial charge >= 0.3 is 12.1 Å². The van der Waals surface area contributed by atoms with Gasteiger partial charge in [-0.25, -0.2) is 0 Å². The molecular formula is C17H21F3N2O. The molecular weight excluding hydrogens is 305 g/mol. The zero-order valence-corrected chi connectivity index (χ0v) is 13.0. The lowest BCUT2D eigenvalue weighted by Crippen LogP contribution is -2.44. The Kier molecular flexibility index (Phi) is 4.36. The molecule has 0 atom stereocenters. The van der Waals surface area contributed by atoms with Crippen LogP contribution in [0.4, 0.5) is 13.2 Å². The summed E-state index contributed by atoms with van der Waals surface area (Å²) in [6.07, 6.45) is -2.34. The van der Waals surface area contributed by atoms with Crippen molar-refractivity contribution in [3.8, 4) is 0 Å². The van der Waals surface area contributed by atoms with Crippen molar-refractivity contribution in [1.82, 2.24) is 9.80 Å². The first kappa shape index (κ1) is 16.3. The Balaban J connectivity index is 1.54. The third-order valence-electron chi connectivity index (χ3n) is 5.13. The van der Waals surface area contributed by atoms with E-state index in [0.717, 1.165) is 37.4 Å². The van der Waals surface area contributed by atoms with Crippen molar-refractivity contribution in [2.45, 2.75) is 32.0 Å². The molecule has 0 aliphatic carbocycles. The standard InChI is InChI=1S/C17H21F3N2O/c18-17(19,20)15(23)22-11-8-16(13-22)6-9-21(10-7-16)12-14-4-2-1-3-5-14/h1-5H,6-13H2. The number of hydrogen-bond acceptors (Lipinski definition) is 2. The van der Waals surface area contributed by atoms with Crippen LogP contribution in [-0.2, 0) is 11.3 Å². The molecule has 3 rings (SSSR count). The highest BCUT2D eigenvalue weighted by molar-refractivity contribution is 5.82. The van der Waals surface area contributed by atoms with Crippen molar-refractivity contribution in [3.63, 3.8) is 0 Å². The van der Waals surface area contributed by atoms with E-state index in [2.05, 4.69) is 17.0 Å². The number of carbonyl (C=O) groups excluding carboxylic acids is 1. The molecule has 0 aromatic heterocycles. The van der Waals surface area contributed by atoms with Crippen LogP contribution in [0.5, 0.6) is 0 Å². The van der Waals surface area contributed by atoms with Crippen molar-refractivity contribution in [2.24, 2.45) is 5.41 Å². The Morgan fingerprint density at radius 1 is 1.04 bits per heavy atom. The van der Waals surface area contributed by atoms with Crippen LogP contribution >= 0.6 is 0 Å². The third-order valence-corrected chi connectivity index (χ3v) is 5.13. The van der Waals surface area contributed by atoms with Gasteiger partial charge < -0.3 is 4.90 Å². The molecule has 1 aromatic rings. The fourth-order valence-corrected chi connectivity index (χ4v) is 3.72. The topological polar surface area (TPSA) is 23.6 Å². The second-order valence-corrected chi connectivity index (χ2v) is 6.74. The summed E-state index contributed by atoms with van der Waals surface area (Å²) in [5.41, 5.74) is 1.14. The average molecular weight is 326 g/mol. The molecule has 1 aromatic carbocycles. The molecule has 0 bridgehead atoms. The predicted molar refractivity (Wildman–Crippen MR) is 80.6 cm³/mol. The minimum Gasteiger partial charge on any atom is -0.334 e. The number of likely N-dealkylation sites (tertiary alicyclic amines) is 2. The molecule has 0 saturated carbocycles. The number of piperidine rings is 1. The molecule has 1 amide bonds. The smallest absolute Gasteiger partial charge is 0.334 e. The molecule has 0 unspecified atom stereocenters. The van der Waals surface area contributed by atoms with E-state index in [9.17, 15) is 18.0 Å². The van der Waals surface area contributed by atoms with E-state index in [1.807, 2.05) is 18.2 Å². The lowest BCUT2D eigenvalue weighted by Gasteiger charge is -2.39. The second-order valence-electron chi connectivity index (χ2n) is 6.74. The van der Waals surface area contributed by atoms with E-state index in [1.165, 1.54) is 5.56 Å². The van der Waals surface area contributed by atoms with Crippen LogP contribution < -0.4 is 0 Å². The van der Waals surface area contributed by atoms with Gasteiger partial charge in [0.1, 0.15) is 0 Å². The summed E-state index contributed by atoms with van der Waals surface area (Å²) >= 11 is 0. The van der Waals surface area contributed by atoms with E-state index >= 15 is 0 Å². The maximum absolute atomic E-state index is 12.6. The van der Waals surface area contributed by atoms with Crippen molar-refractivity contribution in [2.75, 3.05) is 26.2 Å². The highest BCUT2D eigenvalue weighted by Gasteiger charge is 2.49. The van der Waals surface area contributed by atoms with Crippen LogP contribution in [-0.4, -0.2) is 48.1 Å². The number of benzene rings is 1. The summed E-state index contributed by atoms with van der Waals surface area (Å²) in [6, 6.07) is 10.2. The van der Waals surface area contributed by atoms with Crippen molar-refractivity contribution >= 4 is 5.91 Å². The zero-order chi connectivity index (χ0) is 16.5. The summed E-state index contributed by atoms with van der Waals surface area (Å²) in [7, 11) is 0. The molecule has 0 N–H and O–H groups in total. The predicted octanol–water partition coefficient (Wildman–Crippen LogP) is 3.06. The van der Waals surface area contributed by atoms with E-state index in [1.54, 1.807) is 0 Å². The number of rotatable bonds is 2. The molecule has 2 fully saturated rings. The first-order valence-electron chi connectivity index (χ1n) is 8.00. The van der Waals surface area contributed by atoms with Crippen LogP contribution in [0, 0.1) is 5.41 Å². The SMILES string of the molecule is O=C(N1CCC2(CCN(Cc3ccccc3)CC2)C1)C(F)(F)F. The quantitative estimate of drug-likeness (QED) is 0.834. The molecule has 2 heterocycles. The minimum atomic E-state index is -4.75. The highest BCUT2D eigenvalue weighted by atomic mass is 19.4. The molecule has 0 radical (unpaired) electrons. The Hall–Kier alpha value is -1.56. The monoisotopic (exact) mass is 326 g/mol. The summed E-state index contributed by atoms with van der Waals surface area (Å²) in [5.74, 6) is -1.68. The van der Waals surface area contributed by atoms with Crippen LogP contribution in [0.1, 0.15) is 24.8 Å². The molecule has 23 heavy (non-hydrogen) atoms. The lowest BCUT2D eigenvalue weighted by atomic mass is 9.77. The zero-order valence-electron chi connectivity index (χ0n) is 13.0. The highest BCUT2D eigenvalue weighted by Crippen LogP contribution is 2.41. The number of hydrogen-bond donors (Lipinski definition) is 0. The van der Waals surface area contributed by atoms with E-state index in [4.69, 9.17) is 0 Å². The maximum atomic E-state index is 12.6. The van der Waals surface area contributed by atoms with Crippen molar-refractivity contribution in [3.05, 3.63) is 35.9 Å². The Morgan fingerprint density at radius 3 is 2.26 bits per heavy atom. The van der Waals surface area contributed by atoms with Crippen molar-refractivity contribution < 1.29 is 18.0 Å². The van der Waals surface area contributed by atoms with Gasteiger partial charge in [0.2, 0.25) is 0 Å². The van der Waals surface area contributed by atoms with Crippen LogP contribution in [0.3, 0.4) is 0 Å². The van der Waals surface area contributed by atoms with Gasteiger partial charge in [-0.1, -0.05) is 30.3 Å². The molecule has 1 spiro atoms. The number of carbonyl (C=O) groups is 1. The average Bonchev–Trinajstić information content (AvgIpc) is 2.93. The van der Waals surface area contributed by atoms with E-state index in [0.29, 0.717) is 6.42 Å². The van der Waals surface area contributed by atoms with Gasteiger partial charge in [-0.05, 0) is 43.3 Å². The van der Waals surface area contributed by atoms with Crippen LogP contribution in [0.15, 0.2) is 30.3 Å². The second kappa shape index (κ2) is 6.15. The molecule has 126 valence electrons. The fraction of sp³-hybridized carbons (Fsp3) is 0.588. The number of halogens is 3. The Labute approximate surface area is 134 Å². The van der Waals surface area contributed by atoms with Gasteiger partial charge in [0.25, 0.3) is 0 Å². The van der Waals surface area contributed by atoms with Gasteiger partial charge in [0.05, 0.1) is 0 Å². The first-order chi connectivity index (χ1) is 10.9. The Bertz CT molecular complexity index is 551. The lowest BCUT2D eigenvalue weighted by molar-refractivity contribution is -0.184. The largest absolute Gasteiger partial charge is 0.471 e. The molecule has 2 aliphatic rings. The molecule has 2 aliphatic heterocycles. The van der Waals surface area contributed by atoms with E-state index < -0.39 is 12.1 Å². The number of nitrogens with zero attached hydrogens (tertiary/aromatic N) is 2. The third kappa shape index (κ3) is 3.68. The summed E-state index contributed by atoms with van der Waals surface area (Å²) in [6.45, 7) is 3.12. The minimum absolute atomic E-state index is 0.117. The number of amides is 1. The van der Waals surface area contributed by atoms with Gasteiger partial charge in [0, 0.05) is 19.6 Å². The van der Waals surface area contributed by atoms with Gasteiger partial charge in [-0.2, -0.15) is 13.2 Å².